The molecule has 1 aromatic carbocycles. The number of hydrogen-bond donors (Lipinski definition) is 2. The number of benzene rings is 1. The van der Waals surface area contributed by atoms with E-state index in [-0.39, 0.29) is 12.5 Å². The average Bonchev–Trinajstić information content (AvgIpc) is 2.27. The Hall–Kier alpha value is -1.91. The van der Waals surface area contributed by atoms with Crippen LogP contribution in [0.5, 0.6) is 0 Å². The summed E-state index contributed by atoms with van der Waals surface area (Å²) in [6.07, 6.45) is 0. The summed E-state index contributed by atoms with van der Waals surface area (Å²) in [4.78, 5) is 22.6. The van der Waals surface area contributed by atoms with Crippen molar-refractivity contribution >= 4 is 11.9 Å². The molecule has 0 spiro atoms. The Morgan fingerprint density at radius 2 is 1.94 bits per heavy atom. The van der Waals surface area contributed by atoms with Crippen LogP contribution in [-0.4, -0.2) is 17.0 Å². The molecule has 1 atom stereocenters. The maximum absolute atomic E-state index is 13.3. The molecule has 1 aromatic rings. The van der Waals surface area contributed by atoms with Gasteiger partial charge in [-0.1, -0.05) is 32.0 Å². The van der Waals surface area contributed by atoms with Crippen LogP contribution >= 0.6 is 0 Å². The zero-order valence-electron chi connectivity index (χ0n) is 10.3. The summed E-state index contributed by atoms with van der Waals surface area (Å²) in [7, 11) is 0. The minimum Gasteiger partial charge on any atom is -0.481 e. The molecule has 1 amide bonds. The van der Waals surface area contributed by atoms with Crippen molar-refractivity contribution in [3.8, 4) is 0 Å². The summed E-state index contributed by atoms with van der Waals surface area (Å²) >= 11 is 0. The molecule has 18 heavy (non-hydrogen) atoms. The highest BCUT2D eigenvalue weighted by Crippen LogP contribution is 2.12. The first-order valence-corrected chi connectivity index (χ1v) is 5.67. The first-order valence-electron chi connectivity index (χ1n) is 5.67. The van der Waals surface area contributed by atoms with Gasteiger partial charge in [0, 0.05) is 12.1 Å². The highest BCUT2D eigenvalue weighted by atomic mass is 19.1. The van der Waals surface area contributed by atoms with Gasteiger partial charge in [0.2, 0.25) is 5.91 Å². The number of aliphatic carboxylic acids is 1. The molecule has 98 valence electrons. The van der Waals surface area contributed by atoms with Crippen LogP contribution in [0.1, 0.15) is 19.4 Å². The molecule has 0 heterocycles. The van der Waals surface area contributed by atoms with Gasteiger partial charge in [0.05, 0.1) is 0 Å². The number of carbonyl (C=O) groups is 2. The van der Waals surface area contributed by atoms with E-state index >= 15 is 0 Å². The van der Waals surface area contributed by atoms with E-state index in [1.807, 2.05) is 0 Å². The molecule has 0 saturated carbocycles. The maximum Gasteiger partial charge on any atom is 0.316 e. The summed E-state index contributed by atoms with van der Waals surface area (Å²) in [6.45, 7) is 3.30. The summed E-state index contributed by atoms with van der Waals surface area (Å²) < 4.78 is 13.3. The third-order valence-corrected chi connectivity index (χ3v) is 2.63. The Balaban J connectivity index is 2.66. The number of hydrogen-bond acceptors (Lipinski definition) is 2. The van der Waals surface area contributed by atoms with Gasteiger partial charge in [-0.15, -0.1) is 0 Å². The predicted octanol–water partition coefficient (Wildman–Crippen LogP) is 1.80. The van der Waals surface area contributed by atoms with Crippen LogP contribution in [0, 0.1) is 17.7 Å². The molecule has 0 saturated heterocycles. The lowest BCUT2D eigenvalue weighted by atomic mass is 9.95. The Labute approximate surface area is 105 Å². The van der Waals surface area contributed by atoms with E-state index in [4.69, 9.17) is 5.11 Å². The summed E-state index contributed by atoms with van der Waals surface area (Å²) in [5.74, 6) is -3.62. The molecule has 1 unspecified atom stereocenters. The number of carboxylic acids is 1. The molecule has 1 rings (SSSR count). The van der Waals surface area contributed by atoms with Crippen LogP contribution < -0.4 is 5.32 Å². The Morgan fingerprint density at radius 1 is 1.33 bits per heavy atom. The van der Waals surface area contributed by atoms with E-state index in [0.717, 1.165) is 0 Å². The molecule has 0 aliphatic carbocycles. The molecule has 0 aliphatic heterocycles. The lowest BCUT2D eigenvalue weighted by Gasteiger charge is -2.16. The molecule has 0 radical (unpaired) electrons. The largest absolute Gasteiger partial charge is 0.481 e. The zero-order chi connectivity index (χ0) is 13.7. The van der Waals surface area contributed by atoms with E-state index in [1.54, 1.807) is 32.0 Å². The quantitative estimate of drug-likeness (QED) is 0.786. The maximum atomic E-state index is 13.3. The van der Waals surface area contributed by atoms with E-state index in [2.05, 4.69) is 5.32 Å². The molecule has 0 aliphatic rings. The Morgan fingerprint density at radius 3 is 2.44 bits per heavy atom. The molecular formula is C13H16FNO3. The highest BCUT2D eigenvalue weighted by Gasteiger charge is 2.29. The third kappa shape index (κ3) is 3.55. The van der Waals surface area contributed by atoms with Gasteiger partial charge in [0.25, 0.3) is 0 Å². The minimum absolute atomic E-state index is 0.0119. The number of nitrogens with one attached hydrogen (secondary N) is 1. The van der Waals surface area contributed by atoms with Crippen LogP contribution in [0.3, 0.4) is 0 Å². The van der Waals surface area contributed by atoms with Crippen LogP contribution in [0.4, 0.5) is 4.39 Å². The first kappa shape index (κ1) is 14.2. The van der Waals surface area contributed by atoms with E-state index in [1.165, 1.54) is 6.07 Å². The Bertz CT molecular complexity index is 446. The van der Waals surface area contributed by atoms with Gasteiger partial charge in [0.15, 0.2) is 0 Å². The van der Waals surface area contributed by atoms with Crippen LogP contribution in [0.15, 0.2) is 24.3 Å². The van der Waals surface area contributed by atoms with Gasteiger partial charge in [-0.05, 0) is 12.0 Å². The molecule has 5 heteroatoms. The second-order valence-corrected chi connectivity index (χ2v) is 4.37. The summed E-state index contributed by atoms with van der Waals surface area (Å²) in [6, 6.07) is 6.04. The van der Waals surface area contributed by atoms with Crippen molar-refractivity contribution in [2.24, 2.45) is 11.8 Å². The third-order valence-electron chi connectivity index (χ3n) is 2.63. The van der Waals surface area contributed by atoms with Gasteiger partial charge >= 0.3 is 5.97 Å². The molecule has 0 fully saturated rings. The SMILES string of the molecule is CC(C)C(C(=O)O)C(=O)NCc1ccccc1F. The smallest absolute Gasteiger partial charge is 0.316 e. The normalized spacial score (nSPS) is 12.2. The van der Waals surface area contributed by atoms with Crippen molar-refractivity contribution in [1.82, 2.24) is 5.32 Å². The van der Waals surface area contributed by atoms with Crippen molar-refractivity contribution in [3.05, 3.63) is 35.6 Å². The fourth-order valence-corrected chi connectivity index (χ4v) is 1.63. The topological polar surface area (TPSA) is 66.4 Å². The highest BCUT2D eigenvalue weighted by molar-refractivity contribution is 5.97. The molecule has 4 nitrogen and oxygen atoms in total. The second-order valence-electron chi connectivity index (χ2n) is 4.37. The lowest BCUT2D eigenvalue weighted by molar-refractivity contribution is -0.148. The fourth-order valence-electron chi connectivity index (χ4n) is 1.63. The van der Waals surface area contributed by atoms with Gasteiger partial charge in [-0.3, -0.25) is 9.59 Å². The van der Waals surface area contributed by atoms with Crippen molar-refractivity contribution in [2.75, 3.05) is 0 Å². The molecule has 2 N–H and O–H groups in total. The molecular weight excluding hydrogens is 237 g/mol. The van der Waals surface area contributed by atoms with Gasteiger partial charge in [-0.2, -0.15) is 0 Å². The van der Waals surface area contributed by atoms with Crippen molar-refractivity contribution in [2.45, 2.75) is 20.4 Å². The van der Waals surface area contributed by atoms with Gasteiger partial charge < -0.3 is 10.4 Å². The fraction of sp³-hybridized carbons (Fsp3) is 0.385. The van der Waals surface area contributed by atoms with E-state index in [0.29, 0.717) is 5.56 Å². The number of carbonyl (C=O) groups excluding carboxylic acids is 1. The standard InChI is InChI=1S/C13H16FNO3/c1-8(2)11(13(17)18)12(16)15-7-9-5-3-4-6-10(9)14/h3-6,8,11H,7H2,1-2H3,(H,15,16)(H,17,18). The zero-order valence-corrected chi connectivity index (χ0v) is 10.3. The van der Waals surface area contributed by atoms with Crippen LogP contribution in [0.25, 0.3) is 0 Å². The number of halogens is 1. The van der Waals surface area contributed by atoms with Crippen molar-refractivity contribution < 1.29 is 19.1 Å². The Kier molecular flexibility index (Phi) is 4.83. The molecule has 0 aromatic heterocycles. The first-order chi connectivity index (χ1) is 8.43. The average molecular weight is 253 g/mol. The number of amides is 1. The van der Waals surface area contributed by atoms with E-state index < -0.39 is 23.6 Å². The van der Waals surface area contributed by atoms with Gasteiger partial charge in [-0.25, -0.2) is 4.39 Å². The summed E-state index contributed by atoms with van der Waals surface area (Å²) in [5.41, 5.74) is 0.332. The van der Waals surface area contributed by atoms with Crippen molar-refractivity contribution in [1.29, 1.82) is 0 Å². The predicted molar refractivity (Wildman–Crippen MR) is 64.2 cm³/mol. The summed E-state index contributed by atoms with van der Waals surface area (Å²) in [5, 5.41) is 11.4. The van der Waals surface area contributed by atoms with E-state index in [9.17, 15) is 14.0 Å². The van der Waals surface area contributed by atoms with Crippen molar-refractivity contribution in [3.63, 3.8) is 0 Å². The van der Waals surface area contributed by atoms with Crippen LogP contribution in [-0.2, 0) is 16.1 Å². The lowest BCUT2D eigenvalue weighted by Crippen LogP contribution is -2.38. The van der Waals surface area contributed by atoms with Crippen LogP contribution in [0.2, 0.25) is 0 Å². The number of carboxylic acid groups (broad SMARTS) is 1. The molecule has 0 bridgehead atoms. The second kappa shape index (κ2) is 6.14. The minimum atomic E-state index is -1.17. The number of rotatable bonds is 5. The monoisotopic (exact) mass is 253 g/mol. The van der Waals surface area contributed by atoms with Gasteiger partial charge in [0.1, 0.15) is 11.7 Å².